The van der Waals surface area contributed by atoms with Gasteiger partial charge in [0.2, 0.25) is 0 Å². The fourth-order valence-corrected chi connectivity index (χ4v) is 3.12. The molecule has 2 aromatic carbocycles. The molecule has 2 aromatic rings. The molecule has 1 aliphatic rings. The van der Waals surface area contributed by atoms with E-state index in [1.165, 1.54) is 0 Å². The number of aromatic carboxylic acids is 1. The average Bonchev–Trinajstić information content (AvgIpc) is 3.07. The third kappa shape index (κ3) is 3.63. The molecule has 1 saturated carbocycles. The highest BCUT2D eigenvalue weighted by Gasteiger charge is 2.40. The molecule has 0 heterocycles. The predicted molar refractivity (Wildman–Crippen MR) is 84.4 cm³/mol. The van der Waals surface area contributed by atoms with Gasteiger partial charge in [-0.25, -0.2) is 9.18 Å². The minimum absolute atomic E-state index is 0.289. The third-order valence-electron chi connectivity index (χ3n) is 4.35. The lowest BCUT2D eigenvalue weighted by atomic mass is 9.92. The minimum atomic E-state index is -1.49. The maximum atomic E-state index is 13.8. The lowest BCUT2D eigenvalue weighted by molar-refractivity contribution is -0.255. The summed E-state index contributed by atoms with van der Waals surface area (Å²) in [6, 6.07) is 12.1. The number of carbonyl (C=O) groups is 2. The molecule has 0 radical (unpaired) electrons. The molecule has 0 atom stereocenters. The Balaban J connectivity index is 1.80. The van der Waals surface area contributed by atoms with E-state index >= 15 is 0 Å². The fourth-order valence-electron chi connectivity index (χ4n) is 3.12. The Morgan fingerprint density at radius 3 is 2.36 bits per heavy atom. The molecule has 0 bridgehead atoms. The van der Waals surface area contributed by atoms with Crippen LogP contribution in [-0.4, -0.2) is 12.1 Å². The molecule has 0 unspecified atom stereocenters. The Hall–Kier alpha value is -2.89. The maximum Gasteiger partial charge on any atom is 0.514 e. The van der Waals surface area contributed by atoms with Crippen LogP contribution >= 0.6 is 0 Å². The summed E-state index contributed by atoms with van der Waals surface area (Å²) in [5, 5.41) is 10.9. The van der Waals surface area contributed by atoms with Crippen molar-refractivity contribution in [2.24, 2.45) is 0 Å². The molecule has 0 spiro atoms. The van der Waals surface area contributed by atoms with Gasteiger partial charge < -0.3 is 19.4 Å². The molecule has 0 amide bonds. The zero-order valence-electron chi connectivity index (χ0n) is 13.4. The molecule has 3 rings (SSSR count). The predicted octanol–water partition coefficient (Wildman–Crippen LogP) is 3.17. The van der Waals surface area contributed by atoms with E-state index in [1.807, 2.05) is 30.3 Å². The van der Waals surface area contributed by atoms with Crippen molar-refractivity contribution >= 4 is 12.1 Å². The SMILES string of the molecule is O=C(Oc1cc(C(=O)[O-])ccc1F)OC1(c2ccccc2)CCCC1. The Bertz CT molecular complexity index is 782. The fraction of sp³-hybridized carbons (Fsp3) is 0.263. The quantitative estimate of drug-likeness (QED) is 0.629. The number of carboxylic acids is 1. The molecular weight excluding hydrogens is 327 g/mol. The first-order valence-electron chi connectivity index (χ1n) is 7.97. The van der Waals surface area contributed by atoms with Crippen LogP contribution in [0.5, 0.6) is 5.75 Å². The number of hydrogen-bond donors (Lipinski definition) is 0. The smallest absolute Gasteiger partial charge is 0.514 e. The van der Waals surface area contributed by atoms with Crippen LogP contribution in [0, 0.1) is 5.82 Å². The molecule has 0 aliphatic heterocycles. The van der Waals surface area contributed by atoms with Crippen LogP contribution in [0.2, 0.25) is 0 Å². The molecule has 130 valence electrons. The van der Waals surface area contributed by atoms with Gasteiger partial charge in [0.05, 0.1) is 5.97 Å². The van der Waals surface area contributed by atoms with Crippen LogP contribution in [0.25, 0.3) is 0 Å². The molecule has 0 aromatic heterocycles. The molecule has 6 heteroatoms. The Morgan fingerprint density at radius 2 is 1.72 bits per heavy atom. The van der Waals surface area contributed by atoms with Gasteiger partial charge in [-0.15, -0.1) is 0 Å². The zero-order valence-corrected chi connectivity index (χ0v) is 13.4. The number of carboxylic acid groups (broad SMARTS) is 1. The second kappa shape index (κ2) is 6.93. The van der Waals surface area contributed by atoms with Crippen molar-refractivity contribution in [3.8, 4) is 5.75 Å². The van der Waals surface area contributed by atoms with Gasteiger partial charge in [-0.05, 0) is 49.4 Å². The largest absolute Gasteiger partial charge is 0.545 e. The molecular formula is C19H16FO5-. The Morgan fingerprint density at radius 1 is 1.04 bits per heavy atom. The normalized spacial score (nSPS) is 15.6. The monoisotopic (exact) mass is 343 g/mol. The maximum absolute atomic E-state index is 13.8. The van der Waals surface area contributed by atoms with Crippen molar-refractivity contribution in [2.45, 2.75) is 31.3 Å². The summed E-state index contributed by atoms with van der Waals surface area (Å²) in [6.45, 7) is 0. The summed E-state index contributed by atoms with van der Waals surface area (Å²) in [4.78, 5) is 23.1. The summed E-state index contributed by atoms with van der Waals surface area (Å²) in [7, 11) is 0. The first-order valence-corrected chi connectivity index (χ1v) is 7.97. The van der Waals surface area contributed by atoms with Crippen LogP contribution in [-0.2, 0) is 10.3 Å². The van der Waals surface area contributed by atoms with Crippen molar-refractivity contribution < 1.29 is 28.6 Å². The molecule has 5 nitrogen and oxygen atoms in total. The summed E-state index contributed by atoms with van der Waals surface area (Å²) < 4.78 is 24.2. The third-order valence-corrected chi connectivity index (χ3v) is 4.35. The molecule has 25 heavy (non-hydrogen) atoms. The highest BCUT2D eigenvalue weighted by molar-refractivity contribution is 5.86. The van der Waals surface area contributed by atoms with Gasteiger partial charge in [-0.2, -0.15) is 0 Å². The first kappa shape index (κ1) is 17.0. The number of halogens is 1. The van der Waals surface area contributed by atoms with Gasteiger partial charge in [0.25, 0.3) is 0 Å². The Kier molecular flexibility index (Phi) is 4.70. The van der Waals surface area contributed by atoms with Gasteiger partial charge >= 0.3 is 6.16 Å². The Labute approximate surface area is 144 Å². The standard InChI is InChI=1S/C19H17FO5/c20-15-9-8-13(17(21)22)12-16(15)24-18(23)25-19(10-4-5-11-19)14-6-2-1-3-7-14/h1-3,6-9,12H,4-5,10-11H2,(H,21,22)/p-1. The van der Waals surface area contributed by atoms with Gasteiger partial charge in [0.15, 0.2) is 11.6 Å². The molecule has 1 fully saturated rings. The lowest BCUT2D eigenvalue weighted by Gasteiger charge is -2.29. The van der Waals surface area contributed by atoms with Crippen molar-refractivity contribution in [3.63, 3.8) is 0 Å². The van der Waals surface area contributed by atoms with Crippen molar-refractivity contribution in [1.82, 2.24) is 0 Å². The van der Waals surface area contributed by atoms with E-state index in [1.54, 1.807) is 0 Å². The number of carbonyl (C=O) groups excluding carboxylic acids is 2. The van der Waals surface area contributed by atoms with Gasteiger partial charge in [0, 0.05) is 5.56 Å². The van der Waals surface area contributed by atoms with Crippen molar-refractivity contribution in [3.05, 3.63) is 65.5 Å². The van der Waals surface area contributed by atoms with Crippen molar-refractivity contribution in [2.75, 3.05) is 0 Å². The van der Waals surface area contributed by atoms with E-state index in [0.29, 0.717) is 12.8 Å². The van der Waals surface area contributed by atoms with Crippen LogP contribution in [0.4, 0.5) is 9.18 Å². The second-order valence-corrected chi connectivity index (χ2v) is 5.95. The topological polar surface area (TPSA) is 75.7 Å². The van der Waals surface area contributed by atoms with Gasteiger partial charge in [-0.1, -0.05) is 30.3 Å². The van der Waals surface area contributed by atoms with E-state index in [2.05, 4.69) is 0 Å². The molecule has 0 saturated heterocycles. The minimum Gasteiger partial charge on any atom is -0.545 e. The van der Waals surface area contributed by atoms with Crippen LogP contribution in [0.1, 0.15) is 41.6 Å². The summed E-state index contributed by atoms with van der Waals surface area (Å²) in [5.74, 6) is -2.86. The number of benzene rings is 2. The number of ether oxygens (including phenoxy) is 2. The zero-order chi connectivity index (χ0) is 17.9. The van der Waals surface area contributed by atoms with Crippen LogP contribution in [0.3, 0.4) is 0 Å². The second-order valence-electron chi connectivity index (χ2n) is 5.95. The lowest BCUT2D eigenvalue weighted by Crippen LogP contribution is -2.31. The molecule has 1 aliphatic carbocycles. The van der Waals surface area contributed by atoms with E-state index in [9.17, 15) is 19.1 Å². The van der Waals surface area contributed by atoms with E-state index in [0.717, 1.165) is 36.6 Å². The average molecular weight is 343 g/mol. The highest BCUT2D eigenvalue weighted by atomic mass is 19.1. The van der Waals surface area contributed by atoms with Crippen LogP contribution in [0.15, 0.2) is 48.5 Å². The highest BCUT2D eigenvalue weighted by Crippen LogP contribution is 2.42. The van der Waals surface area contributed by atoms with Crippen molar-refractivity contribution in [1.29, 1.82) is 0 Å². The van der Waals surface area contributed by atoms with E-state index in [-0.39, 0.29) is 5.56 Å². The van der Waals surface area contributed by atoms with E-state index < -0.39 is 29.3 Å². The van der Waals surface area contributed by atoms with Gasteiger partial charge in [-0.3, -0.25) is 0 Å². The summed E-state index contributed by atoms with van der Waals surface area (Å²) >= 11 is 0. The van der Waals surface area contributed by atoms with Gasteiger partial charge in [0.1, 0.15) is 5.60 Å². The summed E-state index contributed by atoms with van der Waals surface area (Å²) in [5.41, 5.74) is -0.239. The number of hydrogen-bond acceptors (Lipinski definition) is 5. The van der Waals surface area contributed by atoms with E-state index in [4.69, 9.17) is 9.47 Å². The molecule has 0 N–H and O–H groups in total. The first-order chi connectivity index (χ1) is 12.0. The van der Waals surface area contributed by atoms with Crippen LogP contribution < -0.4 is 9.84 Å². The summed E-state index contributed by atoms with van der Waals surface area (Å²) in [6.07, 6.45) is 2.02. The number of rotatable bonds is 4.